The molecule has 3 aromatic rings. The number of methoxy groups -OCH3 is 1. The van der Waals surface area contributed by atoms with E-state index in [0.29, 0.717) is 5.15 Å². The van der Waals surface area contributed by atoms with Gasteiger partial charge in [0, 0.05) is 23.5 Å². The van der Waals surface area contributed by atoms with E-state index in [1.165, 1.54) is 18.2 Å². The number of ether oxygens (including phenoxy) is 2. The molecule has 0 bridgehead atoms. The molecule has 2 atom stereocenters. The van der Waals surface area contributed by atoms with Gasteiger partial charge in [-0.05, 0) is 84.3 Å². The van der Waals surface area contributed by atoms with E-state index in [9.17, 15) is 4.79 Å². The molecule has 5 rings (SSSR count). The number of fused-ring (bicyclic) bond motifs is 2. The SMILES string of the molecule is COC(=O)C1CCN(CC2=C(Cl)c3ccc(O[C@@H](c4ccc5[nH]nc(Cl)c5c4)C(C)C)cc3CC2)C1. The minimum atomic E-state index is -0.124. The Hall–Kier alpha value is -2.54. The van der Waals surface area contributed by atoms with Crippen LogP contribution in [0, 0.1) is 11.8 Å². The van der Waals surface area contributed by atoms with Crippen molar-refractivity contribution in [3.05, 3.63) is 63.8 Å². The third-order valence-electron chi connectivity index (χ3n) is 7.28. The smallest absolute Gasteiger partial charge is 0.310 e. The summed E-state index contributed by atoms with van der Waals surface area (Å²) in [4.78, 5) is 14.2. The van der Waals surface area contributed by atoms with Gasteiger partial charge in [-0.25, -0.2) is 0 Å². The number of likely N-dealkylation sites (tertiary alicyclic amines) is 1. The topological polar surface area (TPSA) is 67.4 Å². The van der Waals surface area contributed by atoms with Gasteiger partial charge in [-0.15, -0.1) is 0 Å². The fourth-order valence-electron chi connectivity index (χ4n) is 5.32. The molecule has 36 heavy (non-hydrogen) atoms. The van der Waals surface area contributed by atoms with Crippen LogP contribution in [0.25, 0.3) is 15.9 Å². The van der Waals surface area contributed by atoms with Crippen LogP contribution in [0.3, 0.4) is 0 Å². The van der Waals surface area contributed by atoms with Gasteiger partial charge in [0.25, 0.3) is 0 Å². The van der Waals surface area contributed by atoms with Crippen LogP contribution in [0.5, 0.6) is 5.75 Å². The number of halogens is 2. The quantitative estimate of drug-likeness (QED) is 0.361. The molecule has 6 nitrogen and oxygen atoms in total. The summed E-state index contributed by atoms with van der Waals surface area (Å²) >= 11 is 13.1. The lowest BCUT2D eigenvalue weighted by Gasteiger charge is -2.26. The Morgan fingerprint density at radius 1 is 1.19 bits per heavy atom. The second-order valence-electron chi connectivity index (χ2n) is 10.1. The number of carbonyl (C=O) groups is 1. The molecule has 1 N–H and O–H groups in total. The number of benzene rings is 2. The van der Waals surface area contributed by atoms with E-state index in [-0.39, 0.29) is 23.9 Å². The van der Waals surface area contributed by atoms with Crippen LogP contribution >= 0.6 is 23.2 Å². The average molecular weight is 528 g/mol. The Morgan fingerprint density at radius 2 is 2.03 bits per heavy atom. The van der Waals surface area contributed by atoms with Crippen LogP contribution in [0.1, 0.15) is 49.5 Å². The number of esters is 1. The average Bonchev–Trinajstić information content (AvgIpc) is 3.50. The summed E-state index contributed by atoms with van der Waals surface area (Å²) < 4.78 is 11.4. The Bertz CT molecular complexity index is 1320. The van der Waals surface area contributed by atoms with Crippen LogP contribution in [0.4, 0.5) is 0 Å². The molecule has 190 valence electrons. The number of carbonyl (C=O) groups excluding carboxylic acids is 1. The predicted octanol–water partition coefficient (Wildman–Crippen LogP) is 6.38. The molecule has 2 aromatic carbocycles. The number of rotatable bonds is 7. The summed E-state index contributed by atoms with van der Waals surface area (Å²) in [5.74, 6) is 0.934. The maximum atomic E-state index is 11.9. The molecule has 0 amide bonds. The highest BCUT2D eigenvalue weighted by molar-refractivity contribution is 6.49. The molecule has 0 spiro atoms. The van der Waals surface area contributed by atoms with Crippen molar-refractivity contribution < 1.29 is 14.3 Å². The zero-order valence-corrected chi connectivity index (χ0v) is 22.3. The van der Waals surface area contributed by atoms with Crippen LogP contribution in [0.2, 0.25) is 5.15 Å². The minimum absolute atomic E-state index is 0.0379. The molecule has 0 radical (unpaired) electrons. The lowest BCUT2D eigenvalue weighted by Crippen LogP contribution is -2.27. The number of hydrogen-bond acceptors (Lipinski definition) is 5. The van der Waals surface area contributed by atoms with Gasteiger partial charge in [0.05, 0.1) is 18.5 Å². The molecule has 8 heteroatoms. The number of hydrogen-bond donors (Lipinski definition) is 1. The second kappa shape index (κ2) is 10.4. The van der Waals surface area contributed by atoms with E-state index in [4.69, 9.17) is 32.7 Å². The molecule has 1 aromatic heterocycles. The van der Waals surface area contributed by atoms with Crippen molar-refractivity contribution in [2.75, 3.05) is 26.7 Å². The fraction of sp³-hybridized carbons (Fsp3) is 0.429. The number of nitrogens with one attached hydrogen (secondary N) is 1. The van der Waals surface area contributed by atoms with Crippen LogP contribution in [-0.4, -0.2) is 47.8 Å². The van der Waals surface area contributed by atoms with Crippen LogP contribution < -0.4 is 4.74 Å². The first-order chi connectivity index (χ1) is 17.3. The van der Waals surface area contributed by atoms with E-state index in [1.807, 2.05) is 12.1 Å². The second-order valence-corrected chi connectivity index (χ2v) is 10.8. The van der Waals surface area contributed by atoms with Crippen LogP contribution in [0.15, 0.2) is 42.0 Å². The number of aryl methyl sites for hydroxylation is 1. The van der Waals surface area contributed by atoms with E-state index in [2.05, 4.69) is 53.2 Å². The molecular weight excluding hydrogens is 497 g/mol. The first-order valence-corrected chi connectivity index (χ1v) is 13.2. The molecule has 2 aliphatic rings. The number of nitrogens with zero attached hydrogens (tertiary/aromatic N) is 2. The zero-order valence-electron chi connectivity index (χ0n) is 20.8. The minimum Gasteiger partial charge on any atom is -0.485 e. The van der Waals surface area contributed by atoms with Crippen molar-refractivity contribution in [1.82, 2.24) is 15.1 Å². The van der Waals surface area contributed by atoms with Gasteiger partial charge in [0.2, 0.25) is 0 Å². The molecular formula is C28H31Cl2N3O3. The van der Waals surface area contributed by atoms with Crippen molar-refractivity contribution >= 4 is 45.1 Å². The highest BCUT2D eigenvalue weighted by Crippen LogP contribution is 2.38. The molecule has 2 heterocycles. The zero-order chi connectivity index (χ0) is 25.4. The van der Waals surface area contributed by atoms with Gasteiger partial charge < -0.3 is 9.47 Å². The van der Waals surface area contributed by atoms with Crippen molar-refractivity contribution in [2.24, 2.45) is 11.8 Å². The third-order valence-corrected chi connectivity index (χ3v) is 8.04. The standard InChI is InChI=1S/C28H31Cl2N3O3/c1-16(2)26(18-6-9-24-23(13-18)27(30)32-31-24)36-21-7-8-22-17(12-21)4-5-19(25(22)29)14-33-11-10-20(15-33)28(34)35-3/h6-9,12-13,16,20,26H,4-5,10-11,14-15H2,1-3H3,(H,31,32)/t20?,26-/m1/s1. The number of H-pyrrole nitrogens is 1. The Labute approximate surface area is 221 Å². The lowest BCUT2D eigenvalue weighted by molar-refractivity contribution is -0.144. The van der Waals surface area contributed by atoms with Crippen LogP contribution in [-0.2, 0) is 16.0 Å². The first-order valence-electron chi connectivity index (χ1n) is 12.4. The number of aromatic nitrogens is 2. The lowest BCUT2D eigenvalue weighted by atomic mass is 9.91. The summed E-state index contributed by atoms with van der Waals surface area (Å²) in [6, 6.07) is 12.3. The van der Waals surface area contributed by atoms with Gasteiger partial charge in [-0.2, -0.15) is 5.10 Å². The van der Waals surface area contributed by atoms with E-state index >= 15 is 0 Å². The molecule has 1 unspecified atom stereocenters. The summed E-state index contributed by atoms with van der Waals surface area (Å²) in [7, 11) is 1.46. The van der Waals surface area contributed by atoms with Crippen molar-refractivity contribution in [3.63, 3.8) is 0 Å². The van der Waals surface area contributed by atoms with Gasteiger partial charge in [-0.3, -0.25) is 14.8 Å². The largest absolute Gasteiger partial charge is 0.485 e. The fourth-order valence-corrected chi connectivity index (χ4v) is 5.85. The first kappa shape index (κ1) is 25.1. The Balaban J connectivity index is 1.32. The maximum absolute atomic E-state index is 11.9. The highest BCUT2D eigenvalue weighted by atomic mass is 35.5. The summed E-state index contributed by atoms with van der Waals surface area (Å²) in [5.41, 5.74) is 5.47. The predicted molar refractivity (Wildman–Crippen MR) is 143 cm³/mol. The molecule has 1 aliphatic carbocycles. The summed E-state index contributed by atoms with van der Waals surface area (Å²) in [6.45, 7) is 6.71. The molecule has 1 saturated heterocycles. The summed E-state index contributed by atoms with van der Waals surface area (Å²) in [6.07, 6.45) is 2.53. The molecule has 0 saturated carbocycles. The van der Waals surface area contributed by atoms with Gasteiger partial charge >= 0.3 is 5.97 Å². The number of aromatic amines is 1. The normalized spacial score (nSPS) is 19.1. The highest BCUT2D eigenvalue weighted by Gasteiger charge is 2.30. The molecule has 1 fully saturated rings. The van der Waals surface area contributed by atoms with E-state index in [1.54, 1.807) is 0 Å². The van der Waals surface area contributed by atoms with Gasteiger partial charge in [-0.1, -0.05) is 43.1 Å². The summed E-state index contributed by atoms with van der Waals surface area (Å²) in [5, 5.41) is 9.23. The van der Waals surface area contributed by atoms with Gasteiger partial charge in [0.15, 0.2) is 5.15 Å². The van der Waals surface area contributed by atoms with E-state index in [0.717, 1.165) is 71.7 Å². The van der Waals surface area contributed by atoms with Crippen molar-refractivity contribution in [1.29, 1.82) is 0 Å². The third kappa shape index (κ3) is 4.99. The van der Waals surface area contributed by atoms with Crippen molar-refractivity contribution in [2.45, 2.75) is 39.2 Å². The monoisotopic (exact) mass is 527 g/mol. The van der Waals surface area contributed by atoms with E-state index < -0.39 is 0 Å². The Morgan fingerprint density at radius 3 is 2.81 bits per heavy atom. The maximum Gasteiger partial charge on any atom is 0.310 e. The molecule has 1 aliphatic heterocycles. The van der Waals surface area contributed by atoms with Crippen molar-refractivity contribution in [3.8, 4) is 5.75 Å². The Kier molecular flexibility index (Phi) is 7.29. The van der Waals surface area contributed by atoms with Gasteiger partial charge in [0.1, 0.15) is 11.9 Å².